The molecule has 0 aliphatic carbocycles. The highest BCUT2D eigenvalue weighted by atomic mass is 32.2. The zero-order valence-electron chi connectivity index (χ0n) is 9.58. The van der Waals surface area contributed by atoms with Crippen molar-refractivity contribution in [2.75, 3.05) is 25.4 Å². The van der Waals surface area contributed by atoms with Gasteiger partial charge in [-0.3, -0.25) is 4.79 Å². The second-order valence-corrected chi connectivity index (χ2v) is 6.34. The molecule has 2 aliphatic rings. The molecule has 1 N–H and O–H groups in total. The number of thioether (sulfide) groups is 1. The van der Waals surface area contributed by atoms with Crippen LogP contribution >= 0.6 is 11.8 Å². The van der Waals surface area contributed by atoms with Gasteiger partial charge in [0.25, 0.3) is 0 Å². The molecule has 2 rings (SSSR count). The van der Waals surface area contributed by atoms with Crippen molar-refractivity contribution in [3.8, 4) is 0 Å². The van der Waals surface area contributed by atoms with Crippen LogP contribution in [0.1, 0.15) is 26.7 Å². The maximum absolute atomic E-state index is 12.3. The molecule has 0 aromatic carbocycles. The van der Waals surface area contributed by atoms with E-state index in [9.17, 15) is 4.79 Å². The van der Waals surface area contributed by atoms with Crippen LogP contribution in [0, 0.1) is 0 Å². The molecule has 0 saturated carbocycles. The minimum absolute atomic E-state index is 0.276. The van der Waals surface area contributed by atoms with Gasteiger partial charge >= 0.3 is 0 Å². The first-order chi connectivity index (χ1) is 7.12. The quantitative estimate of drug-likeness (QED) is 0.729. The lowest BCUT2D eigenvalue weighted by atomic mass is 9.98. The Kier molecular flexibility index (Phi) is 3.26. The van der Waals surface area contributed by atoms with Gasteiger partial charge in [-0.25, -0.2) is 0 Å². The summed E-state index contributed by atoms with van der Waals surface area (Å²) in [4.78, 5) is 14.4. The van der Waals surface area contributed by atoms with Crippen LogP contribution in [-0.2, 0) is 4.79 Å². The summed E-state index contributed by atoms with van der Waals surface area (Å²) in [6, 6.07) is 0. The lowest BCUT2D eigenvalue weighted by Gasteiger charge is -2.36. The average Bonchev–Trinajstić information content (AvgIpc) is 2.65. The van der Waals surface area contributed by atoms with Crippen LogP contribution in [0.3, 0.4) is 0 Å². The first kappa shape index (κ1) is 11.3. The van der Waals surface area contributed by atoms with Crippen LogP contribution in [0.5, 0.6) is 0 Å². The largest absolute Gasteiger partial charge is 0.339 e. The van der Waals surface area contributed by atoms with Gasteiger partial charge in [-0.15, -0.1) is 0 Å². The number of nitrogens with one attached hydrogen (secondary N) is 1. The molecule has 2 fully saturated rings. The molecule has 2 unspecified atom stereocenters. The minimum atomic E-state index is -0.276. The predicted molar refractivity (Wildman–Crippen MR) is 64.1 cm³/mol. The Morgan fingerprint density at radius 1 is 1.60 bits per heavy atom. The van der Waals surface area contributed by atoms with Crippen LogP contribution < -0.4 is 5.32 Å². The van der Waals surface area contributed by atoms with Crippen molar-refractivity contribution in [2.24, 2.45) is 0 Å². The van der Waals surface area contributed by atoms with Gasteiger partial charge in [0.05, 0.1) is 5.54 Å². The van der Waals surface area contributed by atoms with E-state index in [2.05, 4.69) is 19.2 Å². The smallest absolute Gasteiger partial charge is 0.242 e. The van der Waals surface area contributed by atoms with Gasteiger partial charge < -0.3 is 10.2 Å². The second kappa shape index (κ2) is 4.34. The maximum Gasteiger partial charge on any atom is 0.242 e. The Morgan fingerprint density at radius 2 is 2.40 bits per heavy atom. The topological polar surface area (TPSA) is 32.3 Å². The number of carbonyl (C=O) groups is 1. The van der Waals surface area contributed by atoms with E-state index < -0.39 is 0 Å². The van der Waals surface area contributed by atoms with Gasteiger partial charge in [0.15, 0.2) is 0 Å². The Balaban J connectivity index is 2.00. The maximum atomic E-state index is 12.3. The summed E-state index contributed by atoms with van der Waals surface area (Å²) in [5.74, 6) is 1.40. The molecule has 3 nitrogen and oxygen atoms in total. The van der Waals surface area contributed by atoms with Crippen LogP contribution in [0.25, 0.3) is 0 Å². The van der Waals surface area contributed by atoms with E-state index in [1.165, 1.54) is 0 Å². The molecule has 2 atom stereocenters. The highest BCUT2D eigenvalue weighted by Gasteiger charge is 2.39. The van der Waals surface area contributed by atoms with Crippen molar-refractivity contribution in [3.63, 3.8) is 0 Å². The monoisotopic (exact) mass is 228 g/mol. The highest BCUT2D eigenvalue weighted by molar-refractivity contribution is 7.99. The lowest BCUT2D eigenvalue weighted by molar-refractivity contribution is -0.137. The molecular weight excluding hydrogens is 208 g/mol. The molecule has 0 radical (unpaired) electrons. The third-order valence-electron chi connectivity index (χ3n) is 3.37. The standard InChI is InChI=1S/C11H20N2OS/c1-9-8-13(6-7-15-9)10(14)11(2)4-3-5-12-11/h9,12H,3-8H2,1-2H3. The minimum Gasteiger partial charge on any atom is -0.339 e. The molecule has 0 aromatic heterocycles. The van der Waals surface area contributed by atoms with Crippen molar-refractivity contribution < 1.29 is 4.79 Å². The van der Waals surface area contributed by atoms with E-state index in [0.717, 1.165) is 38.2 Å². The van der Waals surface area contributed by atoms with Gasteiger partial charge in [-0.2, -0.15) is 11.8 Å². The number of nitrogens with zero attached hydrogens (tertiary/aromatic N) is 1. The van der Waals surface area contributed by atoms with Crippen LogP contribution in [0.15, 0.2) is 0 Å². The fraction of sp³-hybridized carbons (Fsp3) is 0.909. The average molecular weight is 228 g/mol. The van der Waals surface area contributed by atoms with E-state index in [-0.39, 0.29) is 5.54 Å². The SMILES string of the molecule is CC1CN(C(=O)C2(C)CCCN2)CCS1. The highest BCUT2D eigenvalue weighted by Crippen LogP contribution is 2.25. The first-order valence-corrected chi connectivity index (χ1v) is 6.83. The van der Waals surface area contributed by atoms with E-state index in [0.29, 0.717) is 11.2 Å². The van der Waals surface area contributed by atoms with Crippen molar-refractivity contribution in [3.05, 3.63) is 0 Å². The van der Waals surface area contributed by atoms with E-state index >= 15 is 0 Å². The van der Waals surface area contributed by atoms with Gasteiger partial charge in [-0.05, 0) is 26.3 Å². The normalized spacial score (nSPS) is 36.9. The fourth-order valence-electron chi connectivity index (χ4n) is 2.43. The van der Waals surface area contributed by atoms with Crippen molar-refractivity contribution in [1.82, 2.24) is 10.2 Å². The molecule has 0 aromatic rings. The zero-order valence-corrected chi connectivity index (χ0v) is 10.4. The van der Waals surface area contributed by atoms with Crippen LogP contribution in [0.2, 0.25) is 0 Å². The Hall–Kier alpha value is -0.220. The number of amides is 1. The van der Waals surface area contributed by atoms with Crippen LogP contribution in [0.4, 0.5) is 0 Å². The third kappa shape index (κ3) is 2.31. The van der Waals surface area contributed by atoms with Gasteiger partial charge in [0.1, 0.15) is 0 Å². The summed E-state index contributed by atoms with van der Waals surface area (Å²) in [6.45, 7) is 7.08. The molecule has 2 saturated heterocycles. The Labute approximate surface area is 96.0 Å². The molecule has 15 heavy (non-hydrogen) atoms. The van der Waals surface area contributed by atoms with Crippen molar-refractivity contribution in [2.45, 2.75) is 37.5 Å². The molecule has 2 heterocycles. The summed E-state index contributed by atoms with van der Waals surface area (Å²) in [7, 11) is 0. The zero-order chi connectivity index (χ0) is 10.9. The predicted octanol–water partition coefficient (Wildman–Crippen LogP) is 1.09. The number of rotatable bonds is 1. The first-order valence-electron chi connectivity index (χ1n) is 5.78. The van der Waals surface area contributed by atoms with Gasteiger partial charge in [-0.1, -0.05) is 6.92 Å². The van der Waals surface area contributed by atoms with Crippen molar-refractivity contribution >= 4 is 17.7 Å². The number of carbonyl (C=O) groups excluding carboxylic acids is 1. The molecule has 1 amide bonds. The van der Waals surface area contributed by atoms with E-state index in [1.807, 2.05) is 16.7 Å². The molecule has 0 bridgehead atoms. The Morgan fingerprint density at radius 3 is 3.00 bits per heavy atom. The van der Waals surface area contributed by atoms with E-state index in [1.54, 1.807) is 0 Å². The lowest BCUT2D eigenvalue weighted by Crippen LogP contribution is -2.55. The number of hydrogen-bond acceptors (Lipinski definition) is 3. The fourth-order valence-corrected chi connectivity index (χ4v) is 3.44. The van der Waals surface area contributed by atoms with Crippen LogP contribution in [-0.4, -0.2) is 47.0 Å². The summed E-state index contributed by atoms with van der Waals surface area (Å²) in [5.41, 5.74) is -0.276. The summed E-state index contributed by atoms with van der Waals surface area (Å²) < 4.78 is 0. The van der Waals surface area contributed by atoms with Gasteiger partial charge in [0.2, 0.25) is 5.91 Å². The number of hydrogen-bond donors (Lipinski definition) is 1. The molecular formula is C11H20N2OS. The summed E-state index contributed by atoms with van der Waals surface area (Å²) in [5, 5.41) is 3.94. The van der Waals surface area contributed by atoms with E-state index in [4.69, 9.17) is 0 Å². The second-order valence-electron chi connectivity index (χ2n) is 4.80. The summed E-state index contributed by atoms with van der Waals surface area (Å²) in [6.07, 6.45) is 2.12. The molecule has 86 valence electrons. The van der Waals surface area contributed by atoms with Gasteiger partial charge in [0, 0.05) is 24.1 Å². The Bertz CT molecular complexity index is 251. The molecule has 4 heteroatoms. The third-order valence-corrected chi connectivity index (χ3v) is 4.51. The molecule has 2 aliphatic heterocycles. The summed E-state index contributed by atoms with van der Waals surface area (Å²) >= 11 is 1.97. The van der Waals surface area contributed by atoms with Crippen molar-refractivity contribution in [1.29, 1.82) is 0 Å². The molecule has 0 spiro atoms.